The van der Waals surface area contributed by atoms with E-state index in [1.165, 1.54) is 0 Å². The van der Waals surface area contributed by atoms with Crippen LogP contribution in [0.4, 0.5) is 0 Å². The van der Waals surface area contributed by atoms with Crippen LogP contribution in [0, 0.1) is 0 Å². The average Bonchev–Trinajstić information content (AvgIpc) is 2.85. The van der Waals surface area contributed by atoms with E-state index in [1.54, 1.807) is 12.1 Å². The number of hydrogen-bond acceptors (Lipinski definition) is 5. The Morgan fingerprint density at radius 2 is 1.21 bits per heavy atom. The summed E-state index contributed by atoms with van der Waals surface area (Å²) in [4.78, 5) is 13.5. The van der Waals surface area contributed by atoms with Gasteiger partial charge in [0.1, 0.15) is 23.0 Å². The fraction of sp³-hybridized carbons (Fsp3) is 0.138. The molecule has 4 aromatic carbocycles. The van der Waals surface area contributed by atoms with E-state index in [9.17, 15) is 4.79 Å². The number of carbonyl (C=O) groups is 1. The van der Waals surface area contributed by atoms with E-state index in [0.29, 0.717) is 22.6 Å². The molecule has 2 unspecified atom stereocenters. The summed E-state index contributed by atoms with van der Waals surface area (Å²) in [7, 11) is 0. The van der Waals surface area contributed by atoms with Gasteiger partial charge in [-0.2, -0.15) is 12.6 Å². The number of hydrogen-bond donors (Lipinski definition) is 2. The molecule has 1 N–H and O–H groups in total. The number of rotatable bonds is 9. The summed E-state index contributed by atoms with van der Waals surface area (Å²) in [5.74, 6) is 2.77. The maximum atomic E-state index is 13.5. The van der Waals surface area contributed by atoms with E-state index in [2.05, 4.69) is 17.9 Å². The second kappa shape index (κ2) is 11.1. The quantitative estimate of drug-likeness (QED) is 0.152. The van der Waals surface area contributed by atoms with E-state index in [1.807, 2.05) is 105 Å². The number of para-hydroxylation sites is 2. The third-order valence-corrected chi connectivity index (χ3v) is 5.45. The van der Waals surface area contributed by atoms with Crippen molar-refractivity contribution in [2.75, 3.05) is 0 Å². The van der Waals surface area contributed by atoms with Gasteiger partial charge in [0.05, 0.1) is 0 Å². The van der Waals surface area contributed by atoms with Crippen LogP contribution in [0.25, 0.3) is 0 Å². The molecule has 172 valence electrons. The van der Waals surface area contributed by atoms with Gasteiger partial charge in [0, 0.05) is 22.5 Å². The molecule has 0 aliphatic heterocycles. The van der Waals surface area contributed by atoms with Crippen LogP contribution in [0.1, 0.15) is 41.4 Å². The van der Waals surface area contributed by atoms with Crippen LogP contribution in [-0.4, -0.2) is 11.2 Å². The lowest BCUT2D eigenvalue weighted by molar-refractivity contribution is 0.103. The summed E-state index contributed by atoms with van der Waals surface area (Å²) in [6, 6.07) is 31.8. The second-order valence-electron chi connectivity index (χ2n) is 8.00. The van der Waals surface area contributed by atoms with Gasteiger partial charge in [0.15, 0.2) is 5.78 Å². The van der Waals surface area contributed by atoms with Crippen LogP contribution in [0.5, 0.6) is 23.0 Å². The maximum Gasteiger partial charge on any atom is 0.193 e. The summed E-state index contributed by atoms with van der Waals surface area (Å²) in [5, 5.41) is 3.33. The van der Waals surface area contributed by atoms with E-state index in [0.717, 1.165) is 17.1 Å². The first-order valence-electron chi connectivity index (χ1n) is 11.2. The Bertz CT molecular complexity index is 1230. The van der Waals surface area contributed by atoms with Gasteiger partial charge in [0.2, 0.25) is 0 Å². The topological polar surface area (TPSA) is 47.6 Å². The Labute approximate surface area is 206 Å². The predicted molar refractivity (Wildman–Crippen MR) is 139 cm³/mol. The molecule has 5 heteroatoms. The van der Waals surface area contributed by atoms with Crippen molar-refractivity contribution in [1.82, 2.24) is 5.32 Å². The van der Waals surface area contributed by atoms with Crippen molar-refractivity contribution < 1.29 is 14.3 Å². The van der Waals surface area contributed by atoms with Gasteiger partial charge in [-0.25, -0.2) is 0 Å². The van der Waals surface area contributed by atoms with E-state index >= 15 is 0 Å². The molecule has 0 saturated carbocycles. The van der Waals surface area contributed by atoms with Gasteiger partial charge >= 0.3 is 0 Å². The van der Waals surface area contributed by atoms with Crippen molar-refractivity contribution in [3.8, 4) is 23.0 Å². The molecule has 0 aliphatic carbocycles. The zero-order valence-corrected chi connectivity index (χ0v) is 20.0. The van der Waals surface area contributed by atoms with E-state index in [-0.39, 0.29) is 17.2 Å². The van der Waals surface area contributed by atoms with Crippen LogP contribution < -0.4 is 14.8 Å². The summed E-state index contributed by atoms with van der Waals surface area (Å²) >= 11 is 4.46. The Morgan fingerprint density at radius 3 is 1.76 bits per heavy atom. The lowest BCUT2D eigenvalue weighted by atomic mass is 9.94. The molecular formula is C29H27NO3S. The maximum absolute atomic E-state index is 13.5. The van der Waals surface area contributed by atoms with Crippen LogP contribution in [0.3, 0.4) is 0 Å². The second-order valence-corrected chi connectivity index (χ2v) is 8.77. The first kappa shape index (κ1) is 23.6. The number of ketones is 1. The molecule has 0 saturated heterocycles. The number of carbonyl (C=O) groups excluding carboxylic acids is 1. The monoisotopic (exact) mass is 469 g/mol. The fourth-order valence-corrected chi connectivity index (χ4v) is 3.92. The van der Waals surface area contributed by atoms with Crippen LogP contribution in [0.15, 0.2) is 103 Å². The molecule has 0 fully saturated rings. The molecule has 0 spiro atoms. The highest BCUT2D eigenvalue weighted by atomic mass is 32.1. The van der Waals surface area contributed by atoms with Gasteiger partial charge in [-0.1, -0.05) is 36.4 Å². The zero-order valence-electron chi connectivity index (χ0n) is 19.1. The highest BCUT2D eigenvalue weighted by Crippen LogP contribution is 2.30. The highest BCUT2D eigenvalue weighted by molar-refractivity contribution is 7.80. The van der Waals surface area contributed by atoms with Crippen LogP contribution in [-0.2, 0) is 0 Å². The van der Waals surface area contributed by atoms with Gasteiger partial charge in [-0.05, 0) is 86.1 Å². The average molecular weight is 470 g/mol. The molecule has 0 aromatic heterocycles. The van der Waals surface area contributed by atoms with Crippen molar-refractivity contribution in [2.24, 2.45) is 0 Å². The van der Waals surface area contributed by atoms with E-state index < -0.39 is 0 Å². The molecule has 0 radical (unpaired) electrons. The molecule has 34 heavy (non-hydrogen) atoms. The third-order valence-electron chi connectivity index (χ3n) is 5.30. The summed E-state index contributed by atoms with van der Waals surface area (Å²) in [5.41, 5.74) is 2.06. The van der Waals surface area contributed by atoms with Crippen molar-refractivity contribution in [3.63, 3.8) is 0 Å². The van der Waals surface area contributed by atoms with Crippen molar-refractivity contribution in [3.05, 3.63) is 120 Å². The minimum absolute atomic E-state index is 0.0360. The Balaban J connectivity index is 1.60. The molecule has 0 heterocycles. The van der Waals surface area contributed by atoms with Crippen molar-refractivity contribution in [2.45, 2.75) is 25.3 Å². The number of nitrogens with one attached hydrogen (secondary N) is 1. The summed E-state index contributed by atoms with van der Waals surface area (Å²) in [6.45, 7) is 3.97. The van der Waals surface area contributed by atoms with Crippen LogP contribution >= 0.6 is 12.6 Å². The zero-order chi connectivity index (χ0) is 23.9. The Kier molecular flexibility index (Phi) is 7.68. The van der Waals surface area contributed by atoms with Crippen molar-refractivity contribution >= 4 is 18.4 Å². The van der Waals surface area contributed by atoms with Gasteiger partial charge < -0.3 is 9.47 Å². The molecular weight excluding hydrogens is 442 g/mol. The minimum atomic E-state index is -0.105. The molecule has 0 bridgehead atoms. The summed E-state index contributed by atoms with van der Waals surface area (Å²) < 4.78 is 11.9. The number of benzene rings is 4. The van der Waals surface area contributed by atoms with Gasteiger partial charge in [-0.15, -0.1) is 0 Å². The van der Waals surface area contributed by atoms with Gasteiger partial charge in [-0.3, -0.25) is 10.1 Å². The molecule has 2 atom stereocenters. The number of ether oxygens (including phenoxy) is 2. The third kappa shape index (κ3) is 6.07. The smallest absolute Gasteiger partial charge is 0.193 e. The highest BCUT2D eigenvalue weighted by Gasteiger charge is 2.20. The lowest BCUT2D eigenvalue weighted by Crippen LogP contribution is -2.26. The Hall–Kier alpha value is -3.54. The first-order valence-corrected chi connectivity index (χ1v) is 11.7. The standard InChI is InChI=1S/C29H27NO3S/c1-20(30-21(2)34)28-19-26(33-24-11-7-4-8-12-24)17-18-27(28)29(31)22-13-15-25(16-14-22)32-23-9-5-3-6-10-23/h3-21,30,34H,1-2H3. The first-order chi connectivity index (χ1) is 16.5. The fourth-order valence-electron chi connectivity index (χ4n) is 3.70. The summed E-state index contributed by atoms with van der Waals surface area (Å²) in [6.07, 6.45) is 0. The molecule has 4 rings (SSSR count). The lowest BCUT2D eigenvalue weighted by Gasteiger charge is -2.21. The predicted octanol–water partition coefficient (Wildman–Crippen LogP) is 7.43. The largest absolute Gasteiger partial charge is 0.457 e. The minimum Gasteiger partial charge on any atom is -0.457 e. The van der Waals surface area contributed by atoms with Crippen LogP contribution in [0.2, 0.25) is 0 Å². The number of thiol groups is 1. The Morgan fingerprint density at radius 1 is 0.706 bits per heavy atom. The van der Waals surface area contributed by atoms with E-state index in [4.69, 9.17) is 9.47 Å². The van der Waals surface area contributed by atoms with Gasteiger partial charge in [0.25, 0.3) is 0 Å². The molecule has 4 nitrogen and oxygen atoms in total. The molecule has 4 aromatic rings. The SMILES string of the molecule is CC(S)NC(C)c1cc(Oc2ccccc2)ccc1C(=O)c1ccc(Oc2ccccc2)cc1. The normalized spacial score (nSPS) is 12.6. The van der Waals surface area contributed by atoms with Crippen molar-refractivity contribution in [1.29, 1.82) is 0 Å². The molecule has 0 amide bonds. The molecule has 0 aliphatic rings.